The maximum Gasteiger partial charge on any atom is 0.122 e. The Balaban J connectivity index is 1.29. The number of aliphatic imine (C=N–C) groups is 1. The van der Waals surface area contributed by atoms with Crippen LogP contribution in [-0.4, -0.2) is 405 Å². The monoisotopic (exact) mass is 1580 g/mol. The van der Waals surface area contributed by atoms with E-state index < -0.39 is 0 Å². The van der Waals surface area contributed by atoms with Gasteiger partial charge in [0.05, 0.1) is 383 Å². The Labute approximate surface area is 652 Å². The van der Waals surface area contributed by atoms with Crippen LogP contribution in [0.25, 0.3) is 5.57 Å². The average molecular weight is 1580 g/mol. The predicted molar refractivity (Wildman–Crippen MR) is 411 cm³/mol. The highest BCUT2D eigenvalue weighted by Gasteiger charge is 2.15. The molecule has 0 atom stereocenters. The minimum absolute atomic E-state index is 0.00288. The number of nitrogens with one attached hydrogen (secondary N) is 1. The Bertz CT molecular complexity index is 2380. The lowest BCUT2D eigenvalue weighted by atomic mass is 9.90. The van der Waals surface area contributed by atoms with Crippen molar-refractivity contribution < 1.29 is 143 Å². The minimum Gasteiger partial charge on any atom is -0.496 e. The molecule has 0 saturated heterocycles. The summed E-state index contributed by atoms with van der Waals surface area (Å²) in [6.45, 7) is 25.1. The summed E-state index contributed by atoms with van der Waals surface area (Å²) in [5.74, 6) is 0.768. The van der Waals surface area contributed by atoms with Crippen molar-refractivity contribution in [1.82, 2.24) is 0 Å². The standard InChI is InChI=1S/C78H134N2O30/c1-84-77-70-74(3-2-71(77)12-18-85-24-30-91-36-42-97-48-51-100-45-39-94-33-27-88-21-15-81)78(72-4-8-75(9-5-72)79-13-19-86-25-31-92-37-43-98-49-54-103-58-62-107-66-68-109-64-60-105-56-52-101-46-40-95-34-28-89-22-16-82)73-6-10-76(11-7-73)80-14-20-87-26-32-93-38-44-99-50-55-104-59-63-108-67-69-110-65-61-106-57-53-102-47-41-96-35-29-90-23-17-83/h2-11,70,79,81-83H,12-69H2,1H3. The Kier molecular flexibility index (Phi) is 73.9. The fraction of sp³-hybridized carbons (Fsp3) is 0.756. The molecule has 0 aliphatic heterocycles. The molecular formula is C78H134N2O30. The first-order valence-corrected chi connectivity index (χ1v) is 38.7. The van der Waals surface area contributed by atoms with E-state index in [1.165, 1.54) is 0 Å². The summed E-state index contributed by atoms with van der Waals surface area (Å²) in [4.78, 5) is 4.78. The summed E-state index contributed by atoms with van der Waals surface area (Å²) in [5, 5.41) is 29.5. The number of allylic oxidation sites excluding steroid dienone is 5. The lowest BCUT2D eigenvalue weighted by molar-refractivity contribution is -0.0267. The molecule has 1 aliphatic rings. The second-order valence-electron chi connectivity index (χ2n) is 23.2. The first kappa shape index (κ1) is 100.0. The van der Waals surface area contributed by atoms with Crippen molar-refractivity contribution in [2.45, 2.75) is 6.42 Å². The number of nitrogens with zero attached hydrogens (tertiary/aromatic N) is 1. The van der Waals surface area contributed by atoms with Gasteiger partial charge in [0.15, 0.2) is 0 Å². The van der Waals surface area contributed by atoms with Gasteiger partial charge < -0.3 is 149 Å². The Morgan fingerprint density at radius 2 is 0.518 bits per heavy atom. The third-order valence-electron chi connectivity index (χ3n) is 14.8. The lowest BCUT2D eigenvalue weighted by Gasteiger charge is -2.17. The Morgan fingerprint density at radius 3 is 0.791 bits per heavy atom. The highest BCUT2D eigenvalue weighted by atomic mass is 16.6. The molecule has 3 rings (SSSR count). The molecule has 0 fully saturated rings. The van der Waals surface area contributed by atoms with Crippen LogP contribution in [0.2, 0.25) is 0 Å². The molecule has 32 heteroatoms. The first-order chi connectivity index (χ1) is 54.7. The number of rotatable bonds is 88. The molecule has 0 bridgehead atoms. The fourth-order valence-electron chi connectivity index (χ4n) is 9.34. The molecule has 0 saturated carbocycles. The Hall–Kier alpha value is -4.23. The molecule has 32 nitrogen and oxygen atoms in total. The number of methoxy groups -OCH3 is 1. The van der Waals surface area contributed by atoms with Crippen molar-refractivity contribution in [2.24, 2.45) is 4.99 Å². The van der Waals surface area contributed by atoms with Gasteiger partial charge in [0, 0.05) is 12.2 Å². The van der Waals surface area contributed by atoms with Crippen LogP contribution >= 0.6 is 0 Å². The van der Waals surface area contributed by atoms with E-state index >= 15 is 0 Å². The number of anilines is 1. The van der Waals surface area contributed by atoms with E-state index in [1.54, 1.807) is 7.11 Å². The van der Waals surface area contributed by atoms with Crippen molar-refractivity contribution in [3.05, 3.63) is 89.0 Å². The molecule has 0 amide bonds. The molecule has 2 aromatic carbocycles. The summed E-state index contributed by atoms with van der Waals surface area (Å²) >= 11 is 0. The van der Waals surface area contributed by atoms with Gasteiger partial charge in [-0.2, -0.15) is 0 Å². The van der Waals surface area contributed by atoms with Crippen molar-refractivity contribution in [3.8, 4) is 5.75 Å². The SMILES string of the molecule is COc1cc(C(=C2C=CC(=NCCOCCOCCOCCOCCOCCOCCOCCOCCOCCOCCO)C=C2)c2ccc(NCCOCCOCCOCCOCCOCCOCCOCCOCCOCCOCCO)cc2)ccc1CCOCCOCCOCCOCCOCCOCCO. The third-order valence-corrected chi connectivity index (χ3v) is 14.8. The van der Waals surface area contributed by atoms with Gasteiger partial charge in [-0.15, -0.1) is 0 Å². The van der Waals surface area contributed by atoms with Crippen molar-refractivity contribution in [3.63, 3.8) is 0 Å². The van der Waals surface area contributed by atoms with Crippen LogP contribution in [0.1, 0.15) is 16.7 Å². The molecule has 0 radical (unpaired) electrons. The minimum atomic E-state index is 0.00288. The maximum absolute atomic E-state index is 8.74. The van der Waals surface area contributed by atoms with E-state index in [4.69, 9.17) is 148 Å². The van der Waals surface area contributed by atoms with E-state index in [0.717, 1.165) is 45.0 Å². The molecule has 636 valence electrons. The van der Waals surface area contributed by atoms with E-state index in [0.29, 0.717) is 363 Å². The average Bonchev–Trinajstić information content (AvgIpc) is 0.798. The number of hydrogen-bond acceptors (Lipinski definition) is 32. The number of aliphatic hydroxyl groups is 3. The number of aliphatic hydroxyl groups excluding tert-OH is 3. The second-order valence-corrected chi connectivity index (χ2v) is 23.2. The van der Waals surface area contributed by atoms with E-state index in [9.17, 15) is 0 Å². The molecule has 0 aromatic heterocycles. The summed E-state index contributed by atoms with van der Waals surface area (Å²) in [5.41, 5.74) is 6.93. The molecule has 0 spiro atoms. The number of ether oxygens (including phenoxy) is 27. The van der Waals surface area contributed by atoms with Crippen molar-refractivity contribution in [2.75, 3.05) is 389 Å². The summed E-state index contributed by atoms with van der Waals surface area (Å²) in [6, 6.07) is 14.7. The van der Waals surface area contributed by atoms with E-state index in [-0.39, 0.29) is 19.8 Å². The van der Waals surface area contributed by atoms with Crippen LogP contribution in [0, 0.1) is 0 Å². The van der Waals surface area contributed by atoms with Gasteiger partial charge in [-0.3, -0.25) is 4.99 Å². The number of hydrogen-bond donors (Lipinski definition) is 4. The predicted octanol–water partition coefficient (Wildman–Crippen LogP) is 3.43. The molecule has 0 heterocycles. The number of benzene rings is 2. The van der Waals surface area contributed by atoms with Gasteiger partial charge in [0.2, 0.25) is 0 Å². The van der Waals surface area contributed by atoms with Crippen molar-refractivity contribution in [1.29, 1.82) is 0 Å². The summed E-state index contributed by atoms with van der Waals surface area (Å²) in [7, 11) is 1.69. The van der Waals surface area contributed by atoms with Crippen LogP contribution in [-0.2, 0) is 130 Å². The zero-order chi connectivity index (χ0) is 77.9. The maximum atomic E-state index is 8.74. The third kappa shape index (κ3) is 63.1. The highest BCUT2D eigenvalue weighted by Crippen LogP contribution is 2.34. The van der Waals surface area contributed by atoms with Crippen LogP contribution in [0.4, 0.5) is 5.69 Å². The van der Waals surface area contributed by atoms with E-state index in [2.05, 4.69) is 59.9 Å². The topological polar surface area (TPSA) is 334 Å². The molecule has 2 aromatic rings. The van der Waals surface area contributed by atoms with Gasteiger partial charge >= 0.3 is 0 Å². The van der Waals surface area contributed by atoms with Gasteiger partial charge in [0.25, 0.3) is 0 Å². The van der Waals surface area contributed by atoms with E-state index in [1.807, 2.05) is 12.2 Å². The second kappa shape index (κ2) is 81.3. The van der Waals surface area contributed by atoms with Crippen LogP contribution in [0.3, 0.4) is 0 Å². The highest BCUT2D eigenvalue weighted by molar-refractivity contribution is 6.07. The molecule has 0 unspecified atom stereocenters. The largest absolute Gasteiger partial charge is 0.496 e. The zero-order valence-electron chi connectivity index (χ0n) is 65.7. The summed E-state index contributed by atoms with van der Waals surface area (Å²) in [6.07, 6.45) is 8.91. The van der Waals surface area contributed by atoms with Gasteiger partial charge in [0.1, 0.15) is 5.75 Å². The smallest absolute Gasteiger partial charge is 0.122 e. The van der Waals surface area contributed by atoms with Crippen LogP contribution in [0.15, 0.2) is 77.3 Å². The first-order valence-electron chi connectivity index (χ1n) is 38.7. The van der Waals surface area contributed by atoms with Crippen molar-refractivity contribution >= 4 is 17.0 Å². The normalized spacial score (nSPS) is 12.2. The Morgan fingerprint density at radius 1 is 0.273 bits per heavy atom. The zero-order valence-corrected chi connectivity index (χ0v) is 65.7. The van der Waals surface area contributed by atoms with Gasteiger partial charge in [-0.1, -0.05) is 36.4 Å². The summed E-state index contributed by atoms with van der Waals surface area (Å²) < 4.78 is 150. The van der Waals surface area contributed by atoms with Crippen LogP contribution < -0.4 is 10.1 Å². The lowest BCUT2D eigenvalue weighted by Crippen LogP contribution is -2.15. The molecule has 1 aliphatic carbocycles. The molecule has 110 heavy (non-hydrogen) atoms. The fourth-order valence-corrected chi connectivity index (χ4v) is 9.34. The quantitative estimate of drug-likeness (QED) is 0.0689. The van der Waals surface area contributed by atoms with Gasteiger partial charge in [-0.25, -0.2) is 0 Å². The molecular weight excluding hydrogens is 1440 g/mol. The van der Waals surface area contributed by atoms with Gasteiger partial charge in [-0.05, 0) is 64.6 Å². The molecule has 4 N–H and O–H groups in total. The van der Waals surface area contributed by atoms with Crippen LogP contribution in [0.5, 0.6) is 5.75 Å².